The van der Waals surface area contributed by atoms with E-state index in [4.69, 9.17) is 28.4 Å². The van der Waals surface area contributed by atoms with Crippen LogP contribution in [0.1, 0.15) is 277 Å². The van der Waals surface area contributed by atoms with Gasteiger partial charge in [-0.1, -0.05) is 250 Å². The molecule has 0 spiro atoms. The predicted octanol–water partition coefficient (Wildman–Crippen LogP) is 9.44. The van der Waals surface area contributed by atoms with Gasteiger partial charge in [0.15, 0.2) is 18.9 Å². The summed E-state index contributed by atoms with van der Waals surface area (Å²) >= 11 is 0. The van der Waals surface area contributed by atoms with Crippen molar-refractivity contribution in [2.75, 3.05) is 26.4 Å². The largest absolute Gasteiger partial charge is 0.394 e. The van der Waals surface area contributed by atoms with Gasteiger partial charge in [-0.2, -0.15) is 0 Å². The average Bonchev–Trinajstić information content (AvgIpc) is 3.72. The number of allylic oxidation sites excluding steroid dienone is 4. The second-order valence-corrected chi connectivity index (χ2v) is 25.7. The van der Waals surface area contributed by atoms with Crippen molar-refractivity contribution in [1.29, 1.82) is 0 Å². The first-order chi connectivity index (χ1) is 42.8. The number of ether oxygens (including phenoxy) is 6. The van der Waals surface area contributed by atoms with Crippen LogP contribution in [-0.2, 0) is 33.2 Å². The molecule has 3 saturated heterocycles. The third-order valence-corrected chi connectivity index (χ3v) is 18.0. The van der Waals surface area contributed by atoms with E-state index in [1.54, 1.807) is 0 Å². The van der Waals surface area contributed by atoms with E-state index in [1.165, 1.54) is 167 Å². The van der Waals surface area contributed by atoms with Gasteiger partial charge in [-0.15, -0.1) is 0 Å². The van der Waals surface area contributed by atoms with Crippen LogP contribution in [0.2, 0.25) is 0 Å². The van der Waals surface area contributed by atoms with Crippen LogP contribution in [0, 0.1) is 0 Å². The van der Waals surface area contributed by atoms with Crippen LogP contribution in [-0.4, -0.2) is 193 Å². The van der Waals surface area contributed by atoms with Gasteiger partial charge < -0.3 is 89.9 Å². The van der Waals surface area contributed by atoms with Crippen molar-refractivity contribution < 1.29 is 89.4 Å². The monoisotopic (exact) mass is 1260 g/mol. The third-order valence-electron chi connectivity index (χ3n) is 18.0. The molecule has 3 rings (SSSR count). The quantitative estimate of drug-likeness (QED) is 0.0199. The standard InChI is InChI=1S/C69H129NO18/c1-3-5-7-9-11-13-15-17-19-21-22-23-24-25-26-27-28-29-31-32-34-36-38-40-42-44-46-53(74)52(70-57(75)47-45-43-41-39-37-35-33-30-20-18-16-14-12-10-8-6-4-2)51-83-67-63(81)60(78)65(55(49-72)85-67)88-69-64(82)61(79)66(56(50-73)86-69)87-68-62(80)59(77)58(76)54(48-71)84-68/h12,14,18,20,52-56,58-69,71-74,76-82H,3-11,13,15-17,19,21-51H2,1-2H3,(H,70,75)/b14-12-,20-18-. The van der Waals surface area contributed by atoms with Crippen LogP contribution in [0.5, 0.6) is 0 Å². The number of carbonyl (C=O) groups is 1. The summed E-state index contributed by atoms with van der Waals surface area (Å²) in [6.07, 6.45) is 31.1. The number of carbonyl (C=O) groups excluding carboxylic acids is 1. The number of aliphatic hydroxyl groups excluding tert-OH is 11. The Labute approximate surface area is 530 Å². The molecular weight excluding hydrogens is 1130 g/mol. The summed E-state index contributed by atoms with van der Waals surface area (Å²) in [6.45, 7) is 1.80. The number of unbranched alkanes of at least 4 members (excludes halogenated alkanes) is 35. The highest BCUT2D eigenvalue weighted by atomic mass is 16.8. The fraction of sp³-hybridized carbons (Fsp3) is 0.928. The van der Waals surface area contributed by atoms with Gasteiger partial charge in [0.05, 0.1) is 38.6 Å². The van der Waals surface area contributed by atoms with E-state index < -0.39 is 124 Å². The van der Waals surface area contributed by atoms with Crippen LogP contribution in [0.15, 0.2) is 24.3 Å². The van der Waals surface area contributed by atoms with Crippen LogP contribution >= 0.6 is 0 Å². The van der Waals surface area contributed by atoms with Crippen molar-refractivity contribution >= 4 is 5.91 Å². The fourth-order valence-corrected chi connectivity index (χ4v) is 12.2. The van der Waals surface area contributed by atoms with Crippen LogP contribution in [0.4, 0.5) is 0 Å². The molecule has 3 heterocycles. The van der Waals surface area contributed by atoms with Crippen LogP contribution in [0.3, 0.4) is 0 Å². The summed E-state index contributed by atoms with van der Waals surface area (Å²) in [5.41, 5.74) is 0. The van der Waals surface area contributed by atoms with E-state index in [1.807, 2.05) is 0 Å². The zero-order valence-electron chi connectivity index (χ0n) is 54.7. The molecule has 17 atom stereocenters. The Kier molecular flexibility index (Phi) is 47.3. The second-order valence-electron chi connectivity index (χ2n) is 25.7. The molecule has 518 valence electrons. The van der Waals surface area contributed by atoms with Gasteiger partial charge >= 0.3 is 0 Å². The van der Waals surface area contributed by atoms with E-state index >= 15 is 0 Å². The Morgan fingerprint density at radius 2 is 0.750 bits per heavy atom. The number of aliphatic hydroxyl groups is 11. The van der Waals surface area contributed by atoms with Gasteiger partial charge in [-0.3, -0.25) is 4.79 Å². The van der Waals surface area contributed by atoms with Gasteiger partial charge in [0.2, 0.25) is 5.91 Å². The molecule has 0 aliphatic carbocycles. The first-order valence-corrected chi connectivity index (χ1v) is 35.6. The Hall–Kier alpha value is -1.73. The Morgan fingerprint density at radius 1 is 0.409 bits per heavy atom. The van der Waals surface area contributed by atoms with Gasteiger partial charge in [0, 0.05) is 6.42 Å². The van der Waals surface area contributed by atoms with E-state index in [9.17, 15) is 61.0 Å². The van der Waals surface area contributed by atoms with Crippen molar-refractivity contribution in [2.24, 2.45) is 0 Å². The van der Waals surface area contributed by atoms with Crippen molar-refractivity contribution in [2.45, 2.75) is 381 Å². The van der Waals surface area contributed by atoms with Crippen LogP contribution < -0.4 is 5.32 Å². The topological polar surface area (TPSA) is 307 Å². The summed E-state index contributed by atoms with van der Waals surface area (Å²) in [7, 11) is 0. The summed E-state index contributed by atoms with van der Waals surface area (Å²) in [6, 6.07) is -0.891. The second kappa shape index (κ2) is 51.7. The maximum absolute atomic E-state index is 13.4. The van der Waals surface area contributed by atoms with Crippen molar-refractivity contribution in [1.82, 2.24) is 5.32 Å². The highest BCUT2D eigenvalue weighted by Gasteiger charge is 2.53. The Balaban J connectivity index is 1.41. The third kappa shape index (κ3) is 33.4. The fourth-order valence-electron chi connectivity index (χ4n) is 12.2. The highest BCUT2D eigenvalue weighted by Crippen LogP contribution is 2.33. The molecule has 0 aromatic carbocycles. The number of amides is 1. The molecule has 0 aromatic rings. The lowest BCUT2D eigenvalue weighted by Crippen LogP contribution is -2.66. The molecule has 3 aliphatic heterocycles. The SMILES string of the molecule is CCCCC/C=C\C/C=C\CCCCCCCCCC(=O)NC(COC1OC(CO)C(OC2OC(CO)C(OC3OC(CO)C(O)C(O)C3O)C(O)C2O)C(O)C1O)C(O)CCCCCCCCCCCCCCCCCCCCCCCCCCCC. The van der Waals surface area contributed by atoms with E-state index in [2.05, 4.69) is 43.5 Å². The number of nitrogens with one attached hydrogen (secondary N) is 1. The minimum Gasteiger partial charge on any atom is -0.394 e. The molecule has 0 bridgehead atoms. The molecule has 0 radical (unpaired) electrons. The smallest absolute Gasteiger partial charge is 0.220 e. The zero-order chi connectivity index (χ0) is 64.0. The van der Waals surface area contributed by atoms with Crippen molar-refractivity contribution in [3.05, 3.63) is 24.3 Å². The van der Waals surface area contributed by atoms with Gasteiger partial charge in [-0.25, -0.2) is 0 Å². The molecule has 3 fully saturated rings. The first-order valence-electron chi connectivity index (χ1n) is 35.6. The molecule has 1 amide bonds. The number of hydrogen-bond acceptors (Lipinski definition) is 18. The predicted molar refractivity (Wildman–Crippen MR) is 342 cm³/mol. The van der Waals surface area contributed by atoms with E-state index in [0.717, 1.165) is 77.0 Å². The van der Waals surface area contributed by atoms with Crippen molar-refractivity contribution in [3.63, 3.8) is 0 Å². The Bertz CT molecular complexity index is 1690. The van der Waals surface area contributed by atoms with Gasteiger partial charge in [0.25, 0.3) is 0 Å². The molecule has 0 saturated carbocycles. The lowest BCUT2D eigenvalue weighted by molar-refractivity contribution is -0.379. The lowest BCUT2D eigenvalue weighted by Gasteiger charge is -2.48. The number of rotatable bonds is 55. The normalized spacial score (nSPS) is 28.5. The summed E-state index contributed by atoms with van der Waals surface area (Å²) < 4.78 is 34.4. The first kappa shape index (κ1) is 80.5. The Morgan fingerprint density at radius 3 is 1.18 bits per heavy atom. The van der Waals surface area contributed by atoms with Crippen molar-refractivity contribution in [3.8, 4) is 0 Å². The molecule has 0 aromatic heterocycles. The summed E-state index contributed by atoms with van der Waals surface area (Å²) in [4.78, 5) is 13.4. The van der Waals surface area contributed by atoms with Gasteiger partial charge in [-0.05, 0) is 44.9 Å². The maximum atomic E-state index is 13.4. The lowest BCUT2D eigenvalue weighted by atomic mass is 9.96. The molecule has 17 unspecified atom stereocenters. The van der Waals surface area contributed by atoms with Gasteiger partial charge in [0.1, 0.15) is 73.2 Å². The molecule has 19 heteroatoms. The van der Waals surface area contributed by atoms with E-state index in [0.29, 0.717) is 12.8 Å². The molecule has 12 N–H and O–H groups in total. The minimum absolute atomic E-state index is 0.248. The highest BCUT2D eigenvalue weighted by molar-refractivity contribution is 5.76. The minimum atomic E-state index is -1.97. The molecular formula is C69H129NO18. The maximum Gasteiger partial charge on any atom is 0.220 e. The average molecular weight is 1260 g/mol. The zero-order valence-corrected chi connectivity index (χ0v) is 54.7. The molecule has 88 heavy (non-hydrogen) atoms. The summed E-state index contributed by atoms with van der Waals surface area (Å²) in [5, 5.41) is 121. The van der Waals surface area contributed by atoms with E-state index in [-0.39, 0.29) is 18.9 Å². The summed E-state index contributed by atoms with van der Waals surface area (Å²) in [5.74, 6) is -0.248. The molecule has 19 nitrogen and oxygen atoms in total. The van der Waals surface area contributed by atoms with Crippen LogP contribution in [0.25, 0.3) is 0 Å². The molecule has 3 aliphatic rings. The number of hydrogen-bond donors (Lipinski definition) is 12.